The topological polar surface area (TPSA) is 94.8 Å². The number of ketones is 1. The number of benzene rings is 2. The minimum Gasteiger partial charge on any atom is -0.507 e. The van der Waals surface area contributed by atoms with Crippen molar-refractivity contribution in [2.24, 2.45) is 0 Å². The SMILES string of the molecule is Cc1ccc(S(=O)C[C@H](O)[C@H]2C=C[C@H](C)c3c(O)c4c(c(O)c32)C(C)(C)C=CC4=O)cc1. The molecule has 0 saturated heterocycles. The third-order valence-corrected chi connectivity index (χ3v) is 7.92. The van der Waals surface area contributed by atoms with Crippen LogP contribution in [0.5, 0.6) is 11.5 Å². The fourth-order valence-corrected chi connectivity index (χ4v) is 5.87. The van der Waals surface area contributed by atoms with Crippen molar-refractivity contribution in [2.45, 2.75) is 55.9 Å². The molecule has 5 nitrogen and oxygen atoms in total. The normalized spacial score (nSPS) is 22.8. The maximum Gasteiger partial charge on any atom is 0.189 e. The molecule has 1 unspecified atom stereocenters. The summed E-state index contributed by atoms with van der Waals surface area (Å²) >= 11 is 0. The van der Waals surface area contributed by atoms with E-state index in [4.69, 9.17) is 0 Å². The van der Waals surface area contributed by atoms with E-state index in [1.165, 1.54) is 6.08 Å². The fourth-order valence-electron chi connectivity index (χ4n) is 4.72. The highest BCUT2D eigenvalue weighted by molar-refractivity contribution is 7.85. The molecule has 0 amide bonds. The third-order valence-electron chi connectivity index (χ3n) is 6.48. The second kappa shape index (κ2) is 8.01. The summed E-state index contributed by atoms with van der Waals surface area (Å²) in [7, 11) is -1.44. The number of hydrogen-bond donors (Lipinski definition) is 3. The summed E-state index contributed by atoms with van der Waals surface area (Å²) in [6, 6.07) is 7.32. The Balaban J connectivity index is 1.79. The van der Waals surface area contributed by atoms with Crippen molar-refractivity contribution >= 4 is 16.6 Å². The molecule has 2 aromatic rings. The molecule has 0 aliphatic heterocycles. The summed E-state index contributed by atoms with van der Waals surface area (Å²) < 4.78 is 12.9. The van der Waals surface area contributed by atoms with Crippen molar-refractivity contribution in [3.63, 3.8) is 0 Å². The van der Waals surface area contributed by atoms with Crippen LogP contribution in [0, 0.1) is 6.92 Å². The number of allylic oxidation sites excluding steroid dienone is 3. The molecule has 32 heavy (non-hydrogen) atoms. The number of carbonyl (C=O) groups is 1. The van der Waals surface area contributed by atoms with E-state index in [-0.39, 0.29) is 34.5 Å². The number of aryl methyl sites for hydroxylation is 1. The Morgan fingerprint density at radius 2 is 1.72 bits per heavy atom. The van der Waals surface area contributed by atoms with Crippen molar-refractivity contribution in [3.8, 4) is 11.5 Å². The summed E-state index contributed by atoms with van der Waals surface area (Å²) in [6.07, 6.45) is 5.71. The lowest BCUT2D eigenvalue weighted by molar-refractivity contribution is 0.103. The van der Waals surface area contributed by atoms with Crippen molar-refractivity contribution < 1.29 is 24.3 Å². The van der Waals surface area contributed by atoms with Crippen LogP contribution in [0.2, 0.25) is 0 Å². The first-order chi connectivity index (χ1) is 15.0. The van der Waals surface area contributed by atoms with Crippen LogP contribution in [0.25, 0.3) is 0 Å². The second-order valence-corrected chi connectivity index (χ2v) is 10.8. The lowest BCUT2D eigenvalue weighted by atomic mass is 9.70. The average Bonchev–Trinajstić information content (AvgIpc) is 2.73. The smallest absolute Gasteiger partial charge is 0.189 e. The Labute approximate surface area is 190 Å². The van der Waals surface area contributed by atoms with Gasteiger partial charge in [-0.15, -0.1) is 0 Å². The number of aliphatic hydroxyl groups excluding tert-OH is 1. The molecule has 0 fully saturated rings. The number of aromatic hydroxyl groups is 2. The van der Waals surface area contributed by atoms with Crippen molar-refractivity contribution in [3.05, 3.63) is 76.4 Å². The summed E-state index contributed by atoms with van der Waals surface area (Å²) in [5.41, 5.74) is 1.70. The minimum absolute atomic E-state index is 0.0224. The zero-order valence-corrected chi connectivity index (χ0v) is 19.4. The summed E-state index contributed by atoms with van der Waals surface area (Å²) in [6.45, 7) is 7.53. The summed E-state index contributed by atoms with van der Waals surface area (Å²) in [4.78, 5) is 13.2. The second-order valence-electron chi connectivity index (χ2n) is 9.29. The number of rotatable bonds is 4. The van der Waals surface area contributed by atoms with Gasteiger partial charge in [0.15, 0.2) is 5.78 Å². The Bertz CT molecular complexity index is 1170. The van der Waals surface area contributed by atoms with Gasteiger partial charge >= 0.3 is 0 Å². The molecule has 2 aromatic carbocycles. The molecule has 168 valence electrons. The largest absolute Gasteiger partial charge is 0.507 e. The van der Waals surface area contributed by atoms with E-state index in [9.17, 15) is 24.3 Å². The standard InChI is InChI=1S/C26H28O5S/c1-14-5-8-16(9-6-14)32(31)13-19(28)17-10-7-15(2)20-21(17)25(30)23-22(24(20)29)18(27)11-12-26(23,3)4/h5-12,15,17,19,28-30H,13H2,1-4H3/t15-,17+,19-,32?/m0/s1. The Kier molecular flexibility index (Phi) is 5.63. The van der Waals surface area contributed by atoms with Crippen LogP contribution in [0.4, 0.5) is 0 Å². The molecule has 0 saturated carbocycles. The van der Waals surface area contributed by atoms with Crippen LogP contribution < -0.4 is 0 Å². The molecule has 0 spiro atoms. The average molecular weight is 453 g/mol. The van der Waals surface area contributed by atoms with Gasteiger partial charge in [-0.1, -0.05) is 56.7 Å². The van der Waals surface area contributed by atoms with Gasteiger partial charge in [-0.3, -0.25) is 9.00 Å². The molecule has 4 rings (SSSR count). The molecule has 0 heterocycles. The maximum atomic E-state index is 12.9. The molecule has 6 heteroatoms. The van der Waals surface area contributed by atoms with Gasteiger partial charge in [-0.2, -0.15) is 0 Å². The Morgan fingerprint density at radius 1 is 1.06 bits per heavy atom. The number of fused-ring (bicyclic) bond motifs is 2. The fraction of sp³-hybridized carbons (Fsp3) is 0.346. The van der Waals surface area contributed by atoms with Crippen LogP contribution in [-0.4, -0.2) is 37.2 Å². The van der Waals surface area contributed by atoms with Crippen LogP contribution >= 0.6 is 0 Å². The molecule has 0 aromatic heterocycles. The van der Waals surface area contributed by atoms with E-state index in [0.717, 1.165) is 5.56 Å². The minimum atomic E-state index is -1.44. The van der Waals surface area contributed by atoms with Crippen molar-refractivity contribution in [1.29, 1.82) is 0 Å². The van der Waals surface area contributed by atoms with Gasteiger partial charge in [0.2, 0.25) is 0 Å². The van der Waals surface area contributed by atoms with Crippen LogP contribution in [0.1, 0.15) is 65.2 Å². The molecule has 2 aliphatic carbocycles. The molecule has 0 bridgehead atoms. The lowest BCUT2D eigenvalue weighted by Gasteiger charge is -2.36. The van der Waals surface area contributed by atoms with Gasteiger partial charge in [0.05, 0.1) is 28.2 Å². The molecule has 3 N–H and O–H groups in total. The van der Waals surface area contributed by atoms with E-state index < -0.39 is 28.2 Å². The lowest BCUT2D eigenvalue weighted by Crippen LogP contribution is -2.29. The number of carbonyl (C=O) groups excluding carboxylic acids is 1. The highest BCUT2D eigenvalue weighted by Crippen LogP contribution is 2.53. The first-order valence-electron chi connectivity index (χ1n) is 10.7. The molecular formula is C26H28O5S. The molecule has 2 aliphatic rings. The number of aliphatic hydroxyl groups is 1. The monoisotopic (exact) mass is 452 g/mol. The molecule has 0 radical (unpaired) electrons. The summed E-state index contributed by atoms with van der Waals surface area (Å²) in [5, 5.41) is 33.6. The highest BCUT2D eigenvalue weighted by Gasteiger charge is 2.41. The number of phenols is 2. The zero-order valence-electron chi connectivity index (χ0n) is 18.6. The van der Waals surface area contributed by atoms with Crippen LogP contribution in [-0.2, 0) is 16.2 Å². The predicted octanol–water partition coefficient (Wildman–Crippen LogP) is 4.36. The first-order valence-corrected chi connectivity index (χ1v) is 12.0. The number of hydrogen-bond acceptors (Lipinski definition) is 5. The van der Waals surface area contributed by atoms with Gasteiger partial charge in [0.25, 0.3) is 0 Å². The highest BCUT2D eigenvalue weighted by atomic mass is 32.2. The number of phenolic OH excluding ortho intramolecular Hbond substituents is 2. The Morgan fingerprint density at radius 3 is 2.38 bits per heavy atom. The zero-order chi connectivity index (χ0) is 23.4. The van der Waals surface area contributed by atoms with Gasteiger partial charge in [0.1, 0.15) is 11.5 Å². The first kappa shape index (κ1) is 22.5. The van der Waals surface area contributed by atoms with Crippen molar-refractivity contribution in [1.82, 2.24) is 0 Å². The van der Waals surface area contributed by atoms with Gasteiger partial charge in [-0.25, -0.2) is 0 Å². The van der Waals surface area contributed by atoms with E-state index in [1.807, 2.05) is 45.9 Å². The Hall–Kier alpha value is -2.70. The van der Waals surface area contributed by atoms with Gasteiger partial charge in [0, 0.05) is 38.8 Å². The van der Waals surface area contributed by atoms with E-state index >= 15 is 0 Å². The third kappa shape index (κ3) is 3.61. The van der Waals surface area contributed by atoms with Crippen LogP contribution in [0.3, 0.4) is 0 Å². The predicted molar refractivity (Wildman–Crippen MR) is 125 cm³/mol. The van der Waals surface area contributed by atoms with Crippen LogP contribution in [0.15, 0.2) is 53.5 Å². The molecular weight excluding hydrogens is 424 g/mol. The van der Waals surface area contributed by atoms with E-state index in [1.54, 1.807) is 24.3 Å². The van der Waals surface area contributed by atoms with E-state index in [2.05, 4.69) is 0 Å². The molecule has 4 atom stereocenters. The van der Waals surface area contributed by atoms with Crippen molar-refractivity contribution in [2.75, 3.05) is 5.75 Å². The van der Waals surface area contributed by atoms with Gasteiger partial charge in [-0.05, 0) is 25.1 Å². The quantitative estimate of drug-likeness (QED) is 0.473. The van der Waals surface area contributed by atoms with E-state index in [0.29, 0.717) is 21.6 Å². The van der Waals surface area contributed by atoms with Gasteiger partial charge < -0.3 is 15.3 Å². The summed E-state index contributed by atoms with van der Waals surface area (Å²) in [5.74, 6) is -1.53. The maximum absolute atomic E-state index is 12.9.